The van der Waals surface area contributed by atoms with Crippen molar-refractivity contribution in [1.29, 1.82) is 0 Å². The molecule has 0 aliphatic heterocycles. The van der Waals surface area contributed by atoms with Crippen LogP contribution in [0, 0.1) is 17.8 Å². The Kier molecular flexibility index (Phi) is 55.5. The lowest BCUT2D eigenvalue weighted by molar-refractivity contribution is -0.325. The normalized spacial score (nSPS) is 20.5. The molecule has 8 amide bonds. The lowest BCUT2D eigenvalue weighted by Gasteiger charge is -2.48. The molecule has 15 atom stereocenters. The minimum Gasteiger partial charge on any atom is -0.396 e. The van der Waals surface area contributed by atoms with Crippen LogP contribution in [0.1, 0.15) is 124 Å². The third-order valence-corrected chi connectivity index (χ3v) is 19.4. The van der Waals surface area contributed by atoms with E-state index < -0.39 is 172 Å². The molecule has 3 aliphatic carbocycles. The fourth-order valence-corrected chi connectivity index (χ4v) is 13.2. The van der Waals surface area contributed by atoms with Gasteiger partial charge in [-0.15, -0.1) is 0 Å². The number of nitrogens with one attached hydrogen (secondary N) is 8. The van der Waals surface area contributed by atoms with Crippen molar-refractivity contribution in [2.75, 3.05) is 178 Å². The highest BCUT2D eigenvalue weighted by Gasteiger charge is 2.57. The molecule has 0 heterocycles. The van der Waals surface area contributed by atoms with Gasteiger partial charge in [-0.1, -0.05) is 25.7 Å². The average Bonchev–Trinajstić information content (AvgIpc) is 1.19. The standard InChI is InChI=1S/C71H131N8O35P/c1-47(82)75-68(63(92)51(42-80)57(88)43-81)110-37-34-104-25-22-101-28-31-107-44-58(89)72-18-11-8-16-52(66(95)74-20-10-4-5-13-21-113-115(99,100)114-50-14-6-7-15-50)79-67(96)53(78-60(91)46-109-33-30-103-24-26-105-35-38-111-69(76-48(2)83)64(93)61-54(85)40-55(61)86)17-9-12-19-73-59(90)45-108-32-29-102-23-27-106-36-39-112-70(77-49(3)84)65(94)62-56(87)41-71(62,97)98/h50-57,61-65,68-70,80-81,85-88,92-94,97-98H,4-46H2,1-3H3,(H,72,89)(H,73,90)(H,74,95)(H,75,82)(H,76,83)(H,77,84)(H,78,91)(H,79,96)(H,99,100)/t51-,52-,53?,54?,55?,56?,57?,61?,62-,63?,64?,65?,68+,69?,70-/m0/s1. The summed E-state index contributed by atoms with van der Waals surface area (Å²) < 4.78 is 88.8. The van der Waals surface area contributed by atoms with E-state index in [1.165, 1.54) is 20.8 Å². The molecule has 0 saturated heterocycles. The summed E-state index contributed by atoms with van der Waals surface area (Å²) >= 11 is 0. The van der Waals surface area contributed by atoms with Crippen LogP contribution < -0.4 is 42.5 Å². The molecule has 3 rings (SSSR count). The summed E-state index contributed by atoms with van der Waals surface area (Å²) in [5, 5.41) is 131. The Morgan fingerprint density at radius 3 is 1.28 bits per heavy atom. The van der Waals surface area contributed by atoms with Gasteiger partial charge < -0.3 is 160 Å². The fraction of sp³-hybridized carbons (Fsp3) is 0.887. The molecule has 0 aromatic rings. The molecular weight excluding hydrogens is 1560 g/mol. The number of amides is 8. The smallest absolute Gasteiger partial charge is 0.396 e. The zero-order valence-electron chi connectivity index (χ0n) is 66.3. The first kappa shape index (κ1) is 104. The van der Waals surface area contributed by atoms with E-state index in [1.807, 2.05) is 0 Å². The molecule has 0 aromatic carbocycles. The van der Waals surface area contributed by atoms with Gasteiger partial charge in [-0.2, -0.15) is 0 Å². The number of phosphoric ester groups is 1. The van der Waals surface area contributed by atoms with Crippen LogP contribution in [0.25, 0.3) is 0 Å². The van der Waals surface area contributed by atoms with E-state index in [0.29, 0.717) is 57.8 Å². The van der Waals surface area contributed by atoms with Gasteiger partial charge in [-0.3, -0.25) is 47.4 Å². The van der Waals surface area contributed by atoms with Crippen molar-refractivity contribution in [2.45, 2.75) is 209 Å². The molecule has 3 aliphatic rings. The van der Waals surface area contributed by atoms with Crippen LogP contribution in [0.5, 0.6) is 0 Å². The average molecular weight is 1690 g/mol. The molecule has 43 nitrogen and oxygen atoms in total. The summed E-state index contributed by atoms with van der Waals surface area (Å²) in [5.41, 5.74) is 0. The number of ether oxygens (including phenoxy) is 12. The molecule has 10 unspecified atom stereocenters. The Bertz CT molecular complexity index is 2730. The van der Waals surface area contributed by atoms with Gasteiger partial charge in [-0.05, 0) is 64.2 Å². The first-order chi connectivity index (χ1) is 55.0. The van der Waals surface area contributed by atoms with E-state index in [2.05, 4.69) is 42.5 Å². The van der Waals surface area contributed by atoms with Crippen molar-refractivity contribution in [3.8, 4) is 0 Å². The lowest BCUT2D eigenvalue weighted by atomic mass is 9.71. The van der Waals surface area contributed by atoms with Crippen molar-refractivity contribution in [3.05, 3.63) is 0 Å². The molecule has 0 radical (unpaired) electrons. The molecule has 20 N–H and O–H groups in total. The SMILES string of the molecule is CC(=O)NC(OCCOCCOCCOCC(=O)NC(CCCCNC(=O)COCCOCCOCCO[C@H](NC(C)=O)C(O)[C@@H]1C(O)CC1(O)O)C(=O)N[C@@H](CCCCNC(=O)COCCOCCOCCO[C@@H](NC(C)=O)C(O)[C@@H](CO)C(O)CO)C(=O)NCCCCCCOP(=O)(O)OC1CCCC1)C(O)C1C(O)CC1O. The summed E-state index contributed by atoms with van der Waals surface area (Å²) in [7, 11) is -4.21. The summed E-state index contributed by atoms with van der Waals surface area (Å²) in [6, 6.07) is -2.33. The Hall–Kier alpha value is -5.05. The van der Waals surface area contributed by atoms with Gasteiger partial charge in [0.2, 0.25) is 47.3 Å². The maximum Gasteiger partial charge on any atom is 0.472 e. The monoisotopic (exact) mass is 1690 g/mol. The molecule has 0 aromatic heterocycles. The van der Waals surface area contributed by atoms with Crippen molar-refractivity contribution in [1.82, 2.24) is 42.5 Å². The largest absolute Gasteiger partial charge is 0.472 e. The van der Waals surface area contributed by atoms with Crippen LogP contribution >= 0.6 is 7.82 Å². The number of unbranched alkanes of at least 4 members (excludes halogenated alkanes) is 5. The maximum atomic E-state index is 14.3. The number of aliphatic hydroxyl groups excluding tert-OH is 9. The van der Waals surface area contributed by atoms with Gasteiger partial charge in [-0.25, -0.2) is 4.57 Å². The van der Waals surface area contributed by atoms with E-state index in [9.17, 15) is 104 Å². The summed E-state index contributed by atoms with van der Waals surface area (Å²) in [6.45, 7) is 2.35. The number of hydrogen-bond donors (Lipinski definition) is 20. The van der Waals surface area contributed by atoms with Crippen LogP contribution in [0.3, 0.4) is 0 Å². The van der Waals surface area contributed by atoms with Crippen molar-refractivity contribution in [3.63, 3.8) is 0 Å². The third kappa shape index (κ3) is 46.4. The first-order valence-corrected chi connectivity index (χ1v) is 40.8. The topological polar surface area (TPSA) is 622 Å². The second-order valence-corrected chi connectivity index (χ2v) is 29.3. The van der Waals surface area contributed by atoms with Gasteiger partial charge in [0.25, 0.3) is 0 Å². The van der Waals surface area contributed by atoms with Gasteiger partial charge in [0.1, 0.15) is 50.2 Å². The summed E-state index contributed by atoms with van der Waals surface area (Å²) in [6.07, 6.45) is -6.79. The Morgan fingerprint density at radius 2 is 0.843 bits per heavy atom. The Morgan fingerprint density at radius 1 is 0.443 bits per heavy atom. The van der Waals surface area contributed by atoms with Crippen LogP contribution in [0.4, 0.5) is 0 Å². The maximum absolute atomic E-state index is 14.3. The summed E-state index contributed by atoms with van der Waals surface area (Å²) in [5.74, 6) is -10.2. The predicted molar refractivity (Wildman–Crippen MR) is 399 cm³/mol. The molecule has 670 valence electrons. The second-order valence-electron chi connectivity index (χ2n) is 27.9. The van der Waals surface area contributed by atoms with E-state index in [0.717, 1.165) is 12.8 Å². The predicted octanol–water partition coefficient (Wildman–Crippen LogP) is -6.28. The van der Waals surface area contributed by atoms with Crippen LogP contribution in [-0.4, -0.2) is 372 Å². The van der Waals surface area contributed by atoms with Gasteiger partial charge in [0.15, 0.2) is 24.5 Å². The molecule has 3 fully saturated rings. The van der Waals surface area contributed by atoms with Crippen LogP contribution in [0.2, 0.25) is 0 Å². The highest BCUT2D eigenvalue weighted by molar-refractivity contribution is 7.47. The number of rotatable bonds is 72. The number of hydrogen-bond acceptors (Lipinski definition) is 34. The molecule has 3 saturated carbocycles. The zero-order valence-corrected chi connectivity index (χ0v) is 67.2. The first-order valence-electron chi connectivity index (χ1n) is 39.4. The number of aliphatic hydroxyl groups is 11. The van der Waals surface area contributed by atoms with Crippen molar-refractivity contribution < 1.29 is 170 Å². The molecular formula is C71H131N8O35P. The summed E-state index contributed by atoms with van der Waals surface area (Å²) in [4.78, 5) is 112. The lowest BCUT2D eigenvalue weighted by Crippen LogP contribution is -2.66. The van der Waals surface area contributed by atoms with E-state index in [1.54, 1.807) is 0 Å². The van der Waals surface area contributed by atoms with Gasteiger partial charge in [0.05, 0.1) is 175 Å². The molecule has 44 heteroatoms. The Labute approximate surface area is 670 Å². The molecule has 0 spiro atoms. The minimum absolute atomic E-state index is 0.00393. The van der Waals surface area contributed by atoms with Crippen LogP contribution in [-0.2, 0) is 109 Å². The highest BCUT2D eigenvalue weighted by atomic mass is 31.2. The number of carbonyl (C=O) groups is 8. The highest BCUT2D eigenvalue weighted by Crippen LogP contribution is 2.47. The zero-order chi connectivity index (χ0) is 84.8. The third-order valence-electron chi connectivity index (χ3n) is 18.4. The minimum atomic E-state index is -4.21. The molecule has 0 bridgehead atoms. The van der Waals surface area contributed by atoms with Crippen LogP contribution in [0.15, 0.2) is 0 Å². The number of phosphoric acid groups is 1. The second kappa shape index (κ2) is 61.3. The van der Waals surface area contributed by atoms with Crippen molar-refractivity contribution in [2.24, 2.45) is 17.8 Å². The molecule has 115 heavy (non-hydrogen) atoms. The van der Waals surface area contributed by atoms with E-state index >= 15 is 0 Å². The van der Waals surface area contributed by atoms with Crippen molar-refractivity contribution >= 4 is 55.1 Å². The van der Waals surface area contributed by atoms with E-state index in [4.69, 9.17) is 65.9 Å². The van der Waals surface area contributed by atoms with E-state index in [-0.39, 0.29) is 197 Å². The Balaban J connectivity index is 1.52. The fourth-order valence-electron chi connectivity index (χ4n) is 12.2. The number of carbonyl (C=O) groups excluding carboxylic acids is 8. The van der Waals surface area contributed by atoms with Gasteiger partial charge in [0, 0.05) is 65.1 Å². The van der Waals surface area contributed by atoms with Gasteiger partial charge >= 0.3 is 7.82 Å². The quantitative estimate of drug-likeness (QED) is 0.0153.